The lowest BCUT2D eigenvalue weighted by molar-refractivity contribution is 0.0950. The van der Waals surface area contributed by atoms with E-state index in [-0.39, 0.29) is 12.5 Å². The van der Waals surface area contributed by atoms with Crippen LogP contribution in [0.4, 0.5) is 0 Å². The maximum Gasteiger partial charge on any atom is 0.253 e. The van der Waals surface area contributed by atoms with E-state index in [1.54, 1.807) is 36.3 Å². The SMILES string of the molecule is Cn1cnc(CNC(=O)c2cc(Br)ccc2Cl)n1. The number of nitrogens with one attached hydrogen (secondary N) is 1. The van der Waals surface area contributed by atoms with Gasteiger partial charge in [0.15, 0.2) is 5.82 Å². The van der Waals surface area contributed by atoms with Crippen molar-refractivity contribution in [3.63, 3.8) is 0 Å². The van der Waals surface area contributed by atoms with Crippen LogP contribution in [-0.2, 0) is 13.6 Å². The molecule has 0 aliphatic rings. The molecule has 0 spiro atoms. The van der Waals surface area contributed by atoms with E-state index in [4.69, 9.17) is 11.6 Å². The quantitative estimate of drug-likeness (QED) is 0.939. The second-order valence-electron chi connectivity index (χ2n) is 3.64. The van der Waals surface area contributed by atoms with E-state index in [2.05, 4.69) is 31.3 Å². The Hall–Kier alpha value is -1.40. The van der Waals surface area contributed by atoms with Gasteiger partial charge in [-0.1, -0.05) is 27.5 Å². The number of benzene rings is 1. The van der Waals surface area contributed by atoms with E-state index in [0.29, 0.717) is 16.4 Å². The summed E-state index contributed by atoms with van der Waals surface area (Å²) in [7, 11) is 1.77. The number of aromatic nitrogens is 3. The molecule has 5 nitrogen and oxygen atoms in total. The predicted octanol–water partition coefficient (Wildman–Crippen LogP) is 2.16. The molecule has 0 saturated heterocycles. The summed E-state index contributed by atoms with van der Waals surface area (Å²) in [4.78, 5) is 15.9. The lowest BCUT2D eigenvalue weighted by Gasteiger charge is -2.05. The molecule has 1 heterocycles. The Morgan fingerprint density at radius 2 is 2.33 bits per heavy atom. The summed E-state index contributed by atoms with van der Waals surface area (Å²) in [5, 5.41) is 7.19. The van der Waals surface area contributed by atoms with Gasteiger partial charge in [-0.25, -0.2) is 4.98 Å². The Kier molecular flexibility index (Phi) is 3.98. The molecule has 2 rings (SSSR count). The van der Waals surface area contributed by atoms with Crippen LogP contribution in [0.2, 0.25) is 5.02 Å². The molecule has 0 unspecified atom stereocenters. The van der Waals surface area contributed by atoms with E-state index >= 15 is 0 Å². The molecule has 1 N–H and O–H groups in total. The summed E-state index contributed by atoms with van der Waals surface area (Å²) in [6, 6.07) is 5.11. The van der Waals surface area contributed by atoms with Crippen LogP contribution < -0.4 is 5.32 Å². The van der Waals surface area contributed by atoms with Crippen LogP contribution in [0.3, 0.4) is 0 Å². The number of carbonyl (C=O) groups excluding carboxylic acids is 1. The highest BCUT2D eigenvalue weighted by Gasteiger charge is 2.11. The van der Waals surface area contributed by atoms with Crippen molar-refractivity contribution in [2.24, 2.45) is 7.05 Å². The standard InChI is InChI=1S/C11H10BrClN4O/c1-17-6-15-10(16-17)5-14-11(18)8-4-7(12)2-3-9(8)13/h2-4,6H,5H2,1H3,(H,14,18). The smallest absolute Gasteiger partial charge is 0.253 e. The molecule has 7 heteroatoms. The van der Waals surface area contributed by atoms with Gasteiger partial charge in [-0.15, -0.1) is 0 Å². The molecule has 0 atom stereocenters. The second-order valence-corrected chi connectivity index (χ2v) is 4.96. The van der Waals surface area contributed by atoms with Crippen molar-refractivity contribution in [3.05, 3.63) is 45.4 Å². The predicted molar refractivity (Wildman–Crippen MR) is 71.3 cm³/mol. The molecule has 0 bridgehead atoms. The van der Waals surface area contributed by atoms with Gasteiger partial charge in [0, 0.05) is 11.5 Å². The van der Waals surface area contributed by atoms with Gasteiger partial charge >= 0.3 is 0 Å². The molecule has 0 aliphatic heterocycles. The zero-order valence-electron chi connectivity index (χ0n) is 9.52. The summed E-state index contributed by atoms with van der Waals surface area (Å²) in [6.07, 6.45) is 1.58. The van der Waals surface area contributed by atoms with Gasteiger partial charge < -0.3 is 5.32 Å². The highest BCUT2D eigenvalue weighted by atomic mass is 79.9. The Balaban J connectivity index is 2.05. The minimum Gasteiger partial charge on any atom is -0.345 e. The van der Waals surface area contributed by atoms with Crippen molar-refractivity contribution in [1.82, 2.24) is 20.1 Å². The first-order valence-electron chi connectivity index (χ1n) is 5.14. The van der Waals surface area contributed by atoms with Crippen LogP contribution in [0.15, 0.2) is 29.0 Å². The molecule has 0 saturated carbocycles. The average molecular weight is 330 g/mol. The largest absolute Gasteiger partial charge is 0.345 e. The first-order valence-corrected chi connectivity index (χ1v) is 6.31. The number of aryl methyl sites for hydroxylation is 1. The summed E-state index contributed by atoms with van der Waals surface area (Å²) in [5.74, 6) is 0.297. The van der Waals surface area contributed by atoms with Crippen LogP contribution in [0.5, 0.6) is 0 Å². The minimum atomic E-state index is -0.256. The Morgan fingerprint density at radius 3 is 3.00 bits per heavy atom. The summed E-state index contributed by atoms with van der Waals surface area (Å²) in [6.45, 7) is 0.266. The van der Waals surface area contributed by atoms with Crippen molar-refractivity contribution < 1.29 is 4.79 Å². The van der Waals surface area contributed by atoms with Crippen molar-refractivity contribution in [2.75, 3.05) is 0 Å². The van der Waals surface area contributed by atoms with Crippen LogP contribution >= 0.6 is 27.5 Å². The zero-order valence-corrected chi connectivity index (χ0v) is 11.9. The Labute approximate surface area is 117 Å². The number of halogens is 2. The van der Waals surface area contributed by atoms with Crippen molar-refractivity contribution >= 4 is 33.4 Å². The van der Waals surface area contributed by atoms with Gasteiger partial charge in [0.1, 0.15) is 6.33 Å². The van der Waals surface area contributed by atoms with Gasteiger partial charge in [-0.2, -0.15) is 5.10 Å². The first-order chi connectivity index (χ1) is 8.56. The van der Waals surface area contributed by atoms with E-state index < -0.39 is 0 Å². The molecule has 1 aromatic carbocycles. The minimum absolute atomic E-state index is 0.256. The molecular formula is C11H10BrClN4O. The monoisotopic (exact) mass is 328 g/mol. The fourth-order valence-electron chi connectivity index (χ4n) is 1.39. The first kappa shape index (κ1) is 13.0. The molecule has 0 radical (unpaired) electrons. The molecule has 2 aromatic rings. The Morgan fingerprint density at radius 1 is 1.56 bits per heavy atom. The molecular weight excluding hydrogens is 320 g/mol. The topological polar surface area (TPSA) is 59.8 Å². The highest BCUT2D eigenvalue weighted by Crippen LogP contribution is 2.20. The van der Waals surface area contributed by atoms with E-state index in [1.165, 1.54) is 0 Å². The average Bonchev–Trinajstić information content (AvgIpc) is 2.75. The number of amides is 1. The van der Waals surface area contributed by atoms with Gasteiger partial charge in [0.2, 0.25) is 0 Å². The summed E-state index contributed by atoms with van der Waals surface area (Å²) >= 11 is 9.26. The fraction of sp³-hybridized carbons (Fsp3) is 0.182. The summed E-state index contributed by atoms with van der Waals surface area (Å²) < 4.78 is 2.38. The molecule has 0 fully saturated rings. The third kappa shape index (κ3) is 3.08. The molecule has 1 amide bonds. The number of rotatable bonds is 3. The molecule has 0 aliphatic carbocycles. The van der Waals surface area contributed by atoms with Crippen LogP contribution in [0.25, 0.3) is 0 Å². The third-order valence-corrected chi connectivity index (χ3v) is 3.05. The van der Waals surface area contributed by atoms with Crippen LogP contribution in [-0.4, -0.2) is 20.7 Å². The number of hydrogen-bond donors (Lipinski definition) is 1. The van der Waals surface area contributed by atoms with Crippen LogP contribution in [0, 0.1) is 0 Å². The third-order valence-electron chi connectivity index (χ3n) is 2.23. The highest BCUT2D eigenvalue weighted by molar-refractivity contribution is 9.10. The lowest BCUT2D eigenvalue weighted by atomic mass is 10.2. The molecule has 94 valence electrons. The van der Waals surface area contributed by atoms with E-state index in [9.17, 15) is 4.79 Å². The Bertz CT molecular complexity index is 584. The van der Waals surface area contributed by atoms with Gasteiger partial charge in [-0.05, 0) is 18.2 Å². The van der Waals surface area contributed by atoms with Gasteiger partial charge in [-0.3, -0.25) is 9.48 Å². The van der Waals surface area contributed by atoms with E-state index in [1.807, 2.05) is 0 Å². The molecule has 18 heavy (non-hydrogen) atoms. The number of hydrogen-bond acceptors (Lipinski definition) is 3. The fourth-order valence-corrected chi connectivity index (χ4v) is 1.96. The second kappa shape index (κ2) is 5.49. The van der Waals surface area contributed by atoms with Crippen molar-refractivity contribution in [2.45, 2.75) is 6.54 Å². The normalized spacial score (nSPS) is 10.4. The number of nitrogens with zero attached hydrogens (tertiary/aromatic N) is 3. The maximum atomic E-state index is 11.9. The zero-order chi connectivity index (χ0) is 13.1. The molecule has 1 aromatic heterocycles. The summed E-state index contributed by atoms with van der Waals surface area (Å²) in [5.41, 5.74) is 0.418. The number of carbonyl (C=O) groups is 1. The van der Waals surface area contributed by atoms with Crippen molar-refractivity contribution in [3.8, 4) is 0 Å². The van der Waals surface area contributed by atoms with E-state index in [0.717, 1.165) is 4.47 Å². The van der Waals surface area contributed by atoms with Crippen molar-refractivity contribution in [1.29, 1.82) is 0 Å². The van der Waals surface area contributed by atoms with Crippen LogP contribution in [0.1, 0.15) is 16.2 Å². The lowest BCUT2D eigenvalue weighted by Crippen LogP contribution is -2.23. The maximum absolute atomic E-state index is 11.9. The van der Waals surface area contributed by atoms with Gasteiger partial charge in [0.05, 0.1) is 17.1 Å². The van der Waals surface area contributed by atoms with Gasteiger partial charge in [0.25, 0.3) is 5.91 Å².